The zero-order chi connectivity index (χ0) is 10.8. The Bertz CT molecular complexity index is 223. The summed E-state index contributed by atoms with van der Waals surface area (Å²) in [4.78, 5) is 0. The van der Waals surface area contributed by atoms with E-state index in [4.69, 9.17) is 14.2 Å². The summed E-state index contributed by atoms with van der Waals surface area (Å²) in [5, 5.41) is 0. The molecule has 1 aliphatic rings. The Morgan fingerprint density at radius 3 is 2.43 bits per heavy atom. The van der Waals surface area contributed by atoms with E-state index in [1.807, 2.05) is 40.7 Å². The molecule has 0 radical (unpaired) electrons. The summed E-state index contributed by atoms with van der Waals surface area (Å²) in [6, 6.07) is 0. The second kappa shape index (κ2) is 3.91. The van der Waals surface area contributed by atoms with Gasteiger partial charge in [-0.3, -0.25) is 0 Å². The summed E-state index contributed by atoms with van der Waals surface area (Å²) >= 11 is 0. The molecule has 0 amide bonds. The molecule has 0 bridgehead atoms. The highest BCUT2D eigenvalue weighted by atomic mass is 16.8. The van der Waals surface area contributed by atoms with Gasteiger partial charge in [-0.25, -0.2) is 0 Å². The summed E-state index contributed by atoms with van der Waals surface area (Å²) in [6.07, 6.45) is 3.52. The van der Waals surface area contributed by atoms with E-state index in [1.54, 1.807) is 6.26 Å². The van der Waals surface area contributed by atoms with Crippen molar-refractivity contribution in [1.29, 1.82) is 0 Å². The van der Waals surface area contributed by atoms with Gasteiger partial charge in [-0.05, 0) is 34.6 Å². The van der Waals surface area contributed by atoms with Crippen LogP contribution in [-0.4, -0.2) is 24.1 Å². The molecule has 0 aromatic rings. The number of hydrogen-bond acceptors (Lipinski definition) is 3. The fourth-order valence-electron chi connectivity index (χ4n) is 1.46. The van der Waals surface area contributed by atoms with Crippen LogP contribution in [0.5, 0.6) is 0 Å². The highest BCUT2D eigenvalue weighted by Gasteiger charge is 2.46. The predicted octanol–water partition coefficient (Wildman–Crippen LogP) is 2.47. The maximum Gasteiger partial charge on any atom is 0.189 e. The fourth-order valence-corrected chi connectivity index (χ4v) is 1.46. The van der Waals surface area contributed by atoms with E-state index in [2.05, 4.69) is 0 Å². The van der Waals surface area contributed by atoms with Gasteiger partial charge in [-0.2, -0.15) is 0 Å². The molecular weight excluding hydrogens is 180 g/mol. The lowest BCUT2D eigenvalue weighted by Gasteiger charge is -2.22. The van der Waals surface area contributed by atoms with Crippen molar-refractivity contribution in [2.75, 3.05) is 6.61 Å². The summed E-state index contributed by atoms with van der Waals surface area (Å²) < 4.78 is 16.7. The van der Waals surface area contributed by atoms with Crippen LogP contribution in [0.25, 0.3) is 0 Å². The predicted molar refractivity (Wildman–Crippen MR) is 54.9 cm³/mol. The van der Waals surface area contributed by atoms with Crippen molar-refractivity contribution < 1.29 is 14.2 Å². The van der Waals surface area contributed by atoms with Gasteiger partial charge < -0.3 is 14.2 Å². The zero-order valence-corrected chi connectivity index (χ0v) is 9.66. The van der Waals surface area contributed by atoms with Crippen LogP contribution in [0.1, 0.15) is 34.6 Å². The van der Waals surface area contributed by atoms with Gasteiger partial charge in [0.15, 0.2) is 5.79 Å². The molecule has 0 aliphatic carbocycles. The first-order chi connectivity index (χ1) is 6.40. The number of rotatable bonds is 3. The molecule has 1 fully saturated rings. The third-order valence-corrected chi connectivity index (χ3v) is 2.49. The van der Waals surface area contributed by atoms with Gasteiger partial charge in [0.25, 0.3) is 0 Å². The lowest BCUT2D eigenvalue weighted by Crippen LogP contribution is -2.31. The summed E-state index contributed by atoms with van der Waals surface area (Å²) in [5.41, 5.74) is -0.245. The van der Waals surface area contributed by atoms with Crippen LogP contribution < -0.4 is 0 Å². The van der Waals surface area contributed by atoms with Crippen molar-refractivity contribution in [3.8, 4) is 0 Å². The van der Waals surface area contributed by atoms with Crippen molar-refractivity contribution in [2.24, 2.45) is 0 Å². The van der Waals surface area contributed by atoms with Gasteiger partial charge in [0.05, 0.1) is 24.6 Å². The number of ether oxygens (including phenoxy) is 3. The van der Waals surface area contributed by atoms with Crippen molar-refractivity contribution in [2.45, 2.75) is 52.1 Å². The largest absolute Gasteiger partial charge is 0.502 e. The molecule has 3 heteroatoms. The highest BCUT2D eigenvalue weighted by Crippen LogP contribution is 2.36. The second-order valence-corrected chi connectivity index (χ2v) is 4.24. The third-order valence-electron chi connectivity index (χ3n) is 2.49. The maximum atomic E-state index is 5.81. The van der Waals surface area contributed by atoms with E-state index in [1.165, 1.54) is 0 Å². The SMILES string of the molecule is CCOC=CC1(C)OC(C)C(C)(C)O1. The minimum absolute atomic E-state index is 0.0822. The molecule has 2 unspecified atom stereocenters. The Morgan fingerprint density at radius 2 is 2.00 bits per heavy atom. The van der Waals surface area contributed by atoms with Gasteiger partial charge in [0.2, 0.25) is 0 Å². The number of hydrogen-bond donors (Lipinski definition) is 0. The highest BCUT2D eigenvalue weighted by molar-refractivity contribution is 4.98. The lowest BCUT2D eigenvalue weighted by molar-refractivity contribution is -0.134. The van der Waals surface area contributed by atoms with E-state index in [-0.39, 0.29) is 11.7 Å². The summed E-state index contributed by atoms with van der Waals surface area (Å²) in [6.45, 7) is 10.6. The first-order valence-corrected chi connectivity index (χ1v) is 5.07. The molecule has 1 saturated heterocycles. The fraction of sp³-hybridized carbons (Fsp3) is 0.818. The van der Waals surface area contributed by atoms with Crippen LogP contribution in [0.2, 0.25) is 0 Å². The molecule has 82 valence electrons. The Kier molecular flexibility index (Phi) is 3.22. The van der Waals surface area contributed by atoms with Crippen molar-refractivity contribution in [3.05, 3.63) is 12.3 Å². The van der Waals surface area contributed by atoms with E-state index in [9.17, 15) is 0 Å². The standard InChI is InChI=1S/C11H20O3/c1-6-12-8-7-11(5)13-9(2)10(3,4)14-11/h7-9H,6H2,1-5H3. The first kappa shape index (κ1) is 11.5. The van der Waals surface area contributed by atoms with Crippen LogP contribution in [0.3, 0.4) is 0 Å². The Balaban J connectivity index is 2.61. The van der Waals surface area contributed by atoms with Crippen LogP contribution in [0.15, 0.2) is 12.3 Å². The second-order valence-electron chi connectivity index (χ2n) is 4.24. The maximum absolute atomic E-state index is 5.81. The molecule has 0 saturated carbocycles. The molecule has 2 atom stereocenters. The summed E-state index contributed by atoms with van der Waals surface area (Å²) in [5.74, 6) is -0.655. The molecule has 0 aromatic heterocycles. The van der Waals surface area contributed by atoms with Crippen molar-refractivity contribution >= 4 is 0 Å². The molecule has 1 aliphatic heterocycles. The average Bonchev–Trinajstić information content (AvgIpc) is 2.22. The lowest BCUT2D eigenvalue weighted by atomic mass is 10.0. The zero-order valence-electron chi connectivity index (χ0n) is 9.66. The molecule has 14 heavy (non-hydrogen) atoms. The first-order valence-electron chi connectivity index (χ1n) is 5.07. The van der Waals surface area contributed by atoms with E-state index < -0.39 is 5.79 Å². The van der Waals surface area contributed by atoms with Gasteiger partial charge in [0, 0.05) is 6.08 Å². The monoisotopic (exact) mass is 200 g/mol. The van der Waals surface area contributed by atoms with Crippen LogP contribution >= 0.6 is 0 Å². The van der Waals surface area contributed by atoms with E-state index in [0.717, 1.165) is 0 Å². The topological polar surface area (TPSA) is 27.7 Å². The molecule has 1 rings (SSSR count). The van der Waals surface area contributed by atoms with Gasteiger partial charge >= 0.3 is 0 Å². The van der Waals surface area contributed by atoms with Gasteiger partial charge in [0.1, 0.15) is 0 Å². The molecule has 0 spiro atoms. The smallest absolute Gasteiger partial charge is 0.189 e. The van der Waals surface area contributed by atoms with E-state index >= 15 is 0 Å². The van der Waals surface area contributed by atoms with Crippen LogP contribution in [0.4, 0.5) is 0 Å². The molecule has 1 heterocycles. The Labute approximate surface area is 86.0 Å². The minimum Gasteiger partial charge on any atom is -0.502 e. The van der Waals surface area contributed by atoms with E-state index in [0.29, 0.717) is 6.61 Å². The minimum atomic E-state index is -0.655. The molecule has 0 N–H and O–H groups in total. The van der Waals surface area contributed by atoms with Gasteiger partial charge in [-0.15, -0.1) is 0 Å². The van der Waals surface area contributed by atoms with Crippen molar-refractivity contribution in [1.82, 2.24) is 0 Å². The Hall–Kier alpha value is -0.540. The molecule has 3 nitrogen and oxygen atoms in total. The molecule has 0 aromatic carbocycles. The van der Waals surface area contributed by atoms with Crippen molar-refractivity contribution in [3.63, 3.8) is 0 Å². The van der Waals surface area contributed by atoms with Gasteiger partial charge in [-0.1, -0.05) is 0 Å². The van der Waals surface area contributed by atoms with Crippen LogP contribution in [-0.2, 0) is 14.2 Å². The third kappa shape index (κ3) is 2.49. The molecular formula is C11H20O3. The Morgan fingerprint density at radius 1 is 1.36 bits per heavy atom. The average molecular weight is 200 g/mol. The van der Waals surface area contributed by atoms with Crippen LogP contribution in [0, 0.1) is 0 Å². The quantitative estimate of drug-likeness (QED) is 0.655. The normalized spacial score (nSPS) is 36.5. The summed E-state index contributed by atoms with van der Waals surface area (Å²) in [7, 11) is 0.